The molecular weight excluding hydrogens is 359 g/mol. The van der Waals surface area contributed by atoms with Gasteiger partial charge in [0, 0.05) is 26.3 Å². The molecule has 2 aliphatic rings. The molecule has 1 saturated heterocycles. The molecule has 7 heteroatoms. The van der Waals surface area contributed by atoms with Crippen molar-refractivity contribution in [1.82, 2.24) is 4.90 Å². The van der Waals surface area contributed by atoms with Crippen molar-refractivity contribution in [3.63, 3.8) is 0 Å². The fraction of sp³-hybridized carbons (Fsp3) is 0.562. The fourth-order valence-electron chi connectivity index (χ4n) is 3.26. The minimum atomic E-state index is -0.437. The van der Waals surface area contributed by atoms with E-state index in [4.69, 9.17) is 33.7 Å². The smallest absolute Gasteiger partial charge is 0.240 e. The summed E-state index contributed by atoms with van der Waals surface area (Å²) in [5.41, 5.74) is 8.32. The second kappa shape index (κ2) is 8.04. The topological polar surface area (TPSA) is 55.6 Å². The standard InChI is InChI=1S/C16H20Cl2N2O2.ClH/c17-13-2-1-11-9-20(6-3-12(11)14(13)18)16(21)15(19)10-4-7-22-8-5-10;/h1-2,10,15H,3-9,19H2;1H. The Bertz CT molecular complexity index is 577. The van der Waals surface area contributed by atoms with Crippen LogP contribution in [0.25, 0.3) is 0 Å². The number of carbonyl (C=O) groups excluding carboxylic acids is 1. The number of nitrogens with two attached hydrogens (primary N) is 1. The molecule has 0 spiro atoms. The first-order chi connectivity index (χ1) is 10.6. The molecule has 2 heterocycles. The Labute approximate surface area is 152 Å². The maximum atomic E-state index is 12.7. The molecule has 0 saturated carbocycles. The van der Waals surface area contributed by atoms with Crippen LogP contribution >= 0.6 is 35.6 Å². The van der Waals surface area contributed by atoms with Crippen LogP contribution in [0.1, 0.15) is 24.0 Å². The molecular formula is C16H21Cl3N2O2. The van der Waals surface area contributed by atoms with Crippen LogP contribution in [0.15, 0.2) is 12.1 Å². The molecule has 1 fully saturated rings. The number of halogens is 3. The Morgan fingerprint density at radius 2 is 2.00 bits per heavy atom. The summed E-state index contributed by atoms with van der Waals surface area (Å²) < 4.78 is 5.34. The molecule has 4 nitrogen and oxygen atoms in total. The summed E-state index contributed by atoms with van der Waals surface area (Å²) in [6, 6.07) is 3.30. The highest BCUT2D eigenvalue weighted by Gasteiger charge is 2.32. The van der Waals surface area contributed by atoms with Crippen LogP contribution in [-0.4, -0.2) is 36.6 Å². The van der Waals surface area contributed by atoms with Gasteiger partial charge in [-0.05, 0) is 42.4 Å². The van der Waals surface area contributed by atoms with Crippen LogP contribution in [0.4, 0.5) is 0 Å². The number of ether oxygens (including phenoxy) is 1. The zero-order valence-corrected chi connectivity index (χ0v) is 15.1. The summed E-state index contributed by atoms with van der Waals surface area (Å²) in [4.78, 5) is 14.5. The summed E-state index contributed by atoms with van der Waals surface area (Å²) in [6.45, 7) is 2.59. The van der Waals surface area contributed by atoms with Crippen molar-refractivity contribution in [3.8, 4) is 0 Å². The third-order valence-corrected chi connectivity index (χ3v) is 5.50. The van der Waals surface area contributed by atoms with Gasteiger partial charge in [-0.1, -0.05) is 29.3 Å². The molecule has 1 unspecified atom stereocenters. The quantitative estimate of drug-likeness (QED) is 0.859. The number of hydrogen-bond donors (Lipinski definition) is 1. The summed E-state index contributed by atoms with van der Waals surface area (Å²) in [7, 11) is 0. The predicted octanol–water partition coefficient (Wildman–Crippen LogP) is 3.05. The summed E-state index contributed by atoms with van der Waals surface area (Å²) >= 11 is 12.3. The minimum absolute atomic E-state index is 0. The van der Waals surface area contributed by atoms with E-state index >= 15 is 0 Å². The summed E-state index contributed by atoms with van der Waals surface area (Å²) in [5.74, 6) is 0.250. The average molecular weight is 380 g/mol. The number of rotatable bonds is 2. The molecule has 0 aromatic heterocycles. The lowest BCUT2D eigenvalue weighted by Gasteiger charge is -2.34. The first kappa shape index (κ1) is 18.8. The lowest BCUT2D eigenvalue weighted by molar-refractivity contribution is -0.135. The maximum absolute atomic E-state index is 12.7. The summed E-state index contributed by atoms with van der Waals surface area (Å²) in [5, 5.41) is 1.18. The van der Waals surface area contributed by atoms with Gasteiger partial charge in [0.15, 0.2) is 0 Å². The molecule has 1 aromatic rings. The number of nitrogens with zero attached hydrogens (tertiary/aromatic N) is 1. The molecule has 0 aliphatic carbocycles. The number of fused-ring (bicyclic) bond motifs is 1. The molecule has 1 amide bonds. The normalized spacial score (nSPS) is 19.7. The van der Waals surface area contributed by atoms with E-state index in [1.165, 1.54) is 0 Å². The van der Waals surface area contributed by atoms with Crippen LogP contribution in [0.3, 0.4) is 0 Å². The van der Waals surface area contributed by atoms with Gasteiger partial charge in [0.2, 0.25) is 5.91 Å². The lowest BCUT2D eigenvalue weighted by atomic mass is 9.90. The largest absolute Gasteiger partial charge is 0.381 e. The van der Waals surface area contributed by atoms with Gasteiger partial charge in [-0.15, -0.1) is 12.4 Å². The lowest BCUT2D eigenvalue weighted by Crippen LogP contribution is -2.50. The van der Waals surface area contributed by atoms with Crippen LogP contribution in [-0.2, 0) is 22.5 Å². The van der Waals surface area contributed by atoms with E-state index in [0.29, 0.717) is 36.3 Å². The Hall–Kier alpha value is -0.520. The van der Waals surface area contributed by atoms with Crippen molar-refractivity contribution in [1.29, 1.82) is 0 Å². The highest BCUT2D eigenvalue weighted by Crippen LogP contribution is 2.32. The fourth-order valence-corrected chi connectivity index (χ4v) is 3.71. The third-order valence-electron chi connectivity index (χ3n) is 4.66. The Balaban J connectivity index is 0.00000192. The SMILES string of the molecule is Cl.NC(C(=O)N1CCc2c(ccc(Cl)c2Cl)C1)C1CCOCC1. The van der Waals surface area contributed by atoms with E-state index in [-0.39, 0.29) is 24.2 Å². The Morgan fingerprint density at radius 3 is 2.70 bits per heavy atom. The van der Waals surface area contributed by atoms with Crippen molar-refractivity contribution in [2.24, 2.45) is 11.7 Å². The zero-order chi connectivity index (χ0) is 15.7. The molecule has 1 atom stereocenters. The molecule has 1 aromatic carbocycles. The summed E-state index contributed by atoms with van der Waals surface area (Å²) in [6.07, 6.45) is 2.44. The van der Waals surface area contributed by atoms with Gasteiger partial charge in [0.05, 0.1) is 16.1 Å². The number of carbonyl (C=O) groups is 1. The Kier molecular flexibility index (Phi) is 6.57. The molecule has 0 bridgehead atoms. The van der Waals surface area contributed by atoms with Gasteiger partial charge in [0.1, 0.15) is 0 Å². The van der Waals surface area contributed by atoms with Crippen molar-refractivity contribution < 1.29 is 9.53 Å². The van der Waals surface area contributed by atoms with Crippen LogP contribution < -0.4 is 5.73 Å². The molecule has 23 heavy (non-hydrogen) atoms. The van der Waals surface area contributed by atoms with E-state index < -0.39 is 6.04 Å². The second-order valence-corrected chi connectivity index (χ2v) is 6.77. The zero-order valence-electron chi connectivity index (χ0n) is 12.8. The van der Waals surface area contributed by atoms with Gasteiger partial charge in [-0.2, -0.15) is 0 Å². The van der Waals surface area contributed by atoms with Crippen molar-refractivity contribution in [2.75, 3.05) is 19.8 Å². The van der Waals surface area contributed by atoms with Gasteiger partial charge in [-0.25, -0.2) is 0 Å². The monoisotopic (exact) mass is 378 g/mol. The second-order valence-electron chi connectivity index (χ2n) is 5.98. The third kappa shape index (κ3) is 3.94. The van der Waals surface area contributed by atoms with Gasteiger partial charge in [-0.3, -0.25) is 4.79 Å². The minimum Gasteiger partial charge on any atom is -0.381 e. The molecule has 3 rings (SSSR count). The van der Waals surface area contributed by atoms with Crippen molar-refractivity contribution >= 4 is 41.5 Å². The van der Waals surface area contributed by atoms with E-state index in [1.54, 1.807) is 6.07 Å². The van der Waals surface area contributed by atoms with E-state index in [1.807, 2.05) is 11.0 Å². The molecule has 2 N–H and O–H groups in total. The number of hydrogen-bond acceptors (Lipinski definition) is 3. The number of amides is 1. The maximum Gasteiger partial charge on any atom is 0.240 e. The van der Waals surface area contributed by atoms with E-state index in [0.717, 1.165) is 30.4 Å². The van der Waals surface area contributed by atoms with Crippen LogP contribution in [0.5, 0.6) is 0 Å². The van der Waals surface area contributed by atoms with Gasteiger partial charge in [0.25, 0.3) is 0 Å². The highest BCUT2D eigenvalue weighted by molar-refractivity contribution is 6.42. The molecule has 128 valence electrons. The van der Waals surface area contributed by atoms with Crippen molar-refractivity contribution in [3.05, 3.63) is 33.3 Å². The van der Waals surface area contributed by atoms with E-state index in [2.05, 4.69) is 0 Å². The van der Waals surface area contributed by atoms with Crippen molar-refractivity contribution in [2.45, 2.75) is 31.8 Å². The molecule has 2 aliphatic heterocycles. The van der Waals surface area contributed by atoms with Crippen LogP contribution in [0, 0.1) is 5.92 Å². The van der Waals surface area contributed by atoms with Crippen LogP contribution in [0.2, 0.25) is 10.0 Å². The molecule has 0 radical (unpaired) electrons. The highest BCUT2D eigenvalue weighted by atomic mass is 35.5. The van der Waals surface area contributed by atoms with Gasteiger partial charge < -0.3 is 15.4 Å². The van der Waals surface area contributed by atoms with E-state index in [9.17, 15) is 4.79 Å². The first-order valence-corrected chi connectivity index (χ1v) is 8.41. The number of benzene rings is 1. The van der Waals surface area contributed by atoms with Gasteiger partial charge >= 0.3 is 0 Å². The first-order valence-electron chi connectivity index (χ1n) is 7.66. The predicted molar refractivity (Wildman–Crippen MR) is 94.3 cm³/mol. The Morgan fingerprint density at radius 1 is 1.30 bits per heavy atom. The average Bonchev–Trinajstić information content (AvgIpc) is 2.57.